The predicted molar refractivity (Wildman–Crippen MR) is 171 cm³/mol. The van der Waals surface area contributed by atoms with Crippen LogP contribution in [0.25, 0.3) is 22.4 Å². The van der Waals surface area contributed by atoms with Crippen LogP contribution in [-0.2, 0) is 9.59 Å². The number of anilines is 1. The first-order valence-electron chi connectivity index (χ1n) is 14.1. The van der Waals surface area contributed by atoms with Crippen molar-refractivity contribution in [3.8, 4) is 28.1 Å². The quantitative estimate of drug-likeness (QED) is 0.213. The fraction of sp³-hybridized carbons (Fsp3) is 0.375. The first-order valence-corrected chi connectivity index (χ1v) is 14.5. The van der Waals surface area contributed by atoms with Gasteiger partial charge in [0.15, 0.2) is 0 Å². The minimum Gasteiger partial charge on any atom is -0.492 e. The molecule has 230 valence electrons. The molecule has 2 amide bonds. The zero-order valence-electron chi connectivity index (χ0n) is 24.6. The first kappa shape index (κ1) is 33.8. The van der Waals surface area contributed by atoms with E-state index in [-0.39, 0.29) is 24.0 Å². The van der Waals surface area contributed by atoms with Gasteiger partial charge < -0.3 is 25.4 Å². The van der Waals surface area contributed by atoms with E-state index < -0.39 is 17.4 Å². The minimum atomic E-state index is -1.32. The highest BCUT2D eigenvalue weighted by molar-refractivity contribution is 6.32. The van der Waals surface area contributed by atoms with E-state index in [0.29, 0.717) is 58.3 Å². The topological polar surface area (TPSA) is 121 Å². The molecule has 4 rings (SSSR count). The Bertz CT molecular complexity index is 1460. The Kier molecular flexibility index (Phi) is 11.9. The number of carbonyl (C=O) groups excluding carboxylic acids is 2. The van der Waals surface area contributed by atoms with Crippen LogP contribution in [0.1, 0.15) is 55.9 Å². The van der Waals surface area contributed by atoms with E-state index >= 15 is 0 Å². The number of hydrogen-bond donors (Lipinski definition) is 3. The molecule has 1 fully saturated rings. The molecule has 0 spiro atoms. The van der Waals surface area contributed by atoms with Gasteiger partial charge in [0.25, 0.3) is 5.91 Å². The Labute approximate surface area is 263 Å². The number of para-hydroxylation sites is 1. The molecule has 43 heavy (non-hydrogen) atoms. The molecule has 0 unspecified atom stereocenters. The number of carboxylic acid groups (broad SMARTS) is 1. The average Bonchev–Trinajstić information content (AvgIpc) is 2.96. The Hall–Kier alpha value is -3.66. The molecule has 11 heteroatoms. The lowest BCUT2D eigenvalue weighted by atomic mass is 9.81. The fourth-order valence-electron chi connectivity index (χ4n) is 5.19. The molecule has 3 N–H and O–H groups in total. The van der Waals surface area contributed by atoms with Crippen LogP contribution in [0.15, 0.2) is 54.6 Å². The summed E-state index contributed by atoms with van der Waals surface area (Å²) >= 11 is 6.48. The molecule has 1 heterocycles. The number of ether oxygens (including phenoxy) is 1. The van der Waals surface area contributed by atoms with Crippen molar-refractivity contribution in [2.24, 2.45) is 0 Å². The maximum atomic E-state index is 13.5. The monoisotopic (exact) mass is 628 g/mol. The number of aliphatic carboxylic acids is 1. The van der Waals surface area contributed by atoms with Crippen molar-refractivity contribution in [2.75, 3.05) is 32.6 Å². The number of amides is 2. The summed E-state index contributed by atoms with van der Waals surface area (Å²) in [6, 6.07) is 16.0. The zero-order valence-corrected chi connectivity index (χ0v) is 26.2. The van der Waals surface area contributed by atoms with Crippen molar-refractivity contribution in [3.63, 3.8) is 0 Å². The van der Waals surface area contributed by atoms with Gasteiger partial charge in [-0.05, 0) is 63.7 Å². The number of carbonyl (C=O) groups is 3. The number of hydrogen-bond acceptors (Lipinski definition) is 6. The molecule has 3 aromatic rings. The number of nitrogens with zero attached hydrogens (tertiary/aromatic N) is 2. The van der Waals surface area contributed by atoms with Crippen LogP contribution < -0.4 is 15.4 Å². The fourth-order valence-corrected chi connectivity index (χ4v) is 5.36. The van der Waals surface area contributed by atoms with Gasteiger partial charge >= 0.3 is 5.97 Å². The number of pyridine rings is 1. The highest BCUT2D eigenvalue weighted by Crippen LogP contribution is 2.38. The SMILES string of the molecule is CC(=O)Nc1ccccc1-c1ccc(C(=O)NC2(C(=O)O)CCCCC2)nc1-c1ccc(Cl)c(OCCCN(C)C)c1.Cl. The number of nitrogens with one attached hydrogen (secondary N) is 2. The van der Waals surface area contributed by atoms with Gasteiger partial charge in [0.2, 0.25) is 5.91 Å². The largest absolute Gasteiger partial charge is 0.492 e. The molecular formula is C32H38Cl2N4O5. The number of carboxylic acids is 1. The van der Waals surface area contributed by atoms with E-state index in [1.165, 1.54) is 6.92 Å². The predicted octanol–water partition coefficient (Wildman–Crippen LogP) is 6.30. The third-order valence-electron chi connectivity index (χ3n) is 7.34. The van der Waals surface area contributed by atoms with Crippen molar-refractivity contribution in [3.05, 3.63) is 65.3 Å². The Morgan fingerprint density at radius 2 is 1.74 bits per heavy atom. The number of rotatable bonds is 11. The molecule has 1 aliphatic rings. The van der Waals surface area contributed by atoms with Gasteiger partial charge in [-0.25, -0.2) is 9.78 Å². The Balaban J connectivity index is 0.00000506. The van der Waals surface area contributed by atoms with Crippen LogP contribution in [0.3, 0.4) is 0 Å². The van der Waals surface area contributed by atoms with Crippen molar-refractivity contribution >= 4 is 47.5 Å². The molecular weight excluding hydrogens is 591 g/mol. The minimum absolute atomic E-state index is 0. The molecule has 0 aliphatic heterocycles. The lowest BCUT2D eigenvalue weighted by molar-refractivity contribution is -0.146. The van der Waals surface area contributed by atoms with Crippen LogP contribution in [0, 0.1) is 0 Å². The van der Waals surface area contributed by atoms with Gasteiger partial charge in [-0.3, -0.25) is 9.59 Å². The first-order chi connectivity index (χ1) is 20.1. The van der Waals surface area contributed by atoms with Crippen molar-refractivity contribution in [1.29, 1.82) is 0 Å². The van der Waals surface area contributed by atoms with Crippen molar-refractivity contribution in [2.45, 2.75) is 51.0 Å². The van der Waals surface area contributed by atoms with Crippen LogP contribution >= 0.6 is 24.0 Å². The van der Waals surface area contributed by atoms with Gasteiger partial charge in [-0.1, -0.05) is 55.1 Å². The van der Waals surface area contributed by atoms with Gasteiger partial charge in [-0.15, -0.1) is 12.4 Å². The second-order valence-corrected chi connectivity index (χ2v) is 11.3. The lowest BCUT2D eigenvalue weighted by Crippen LogP contribution is -2.55. The Morgan fingerprint density at radius 1 is 1.02 bits per heavy atom. The van der Waals surface area contributed by atoms with E-state index in [1.807, 2.05) is 32.3 Å². The molecule has 0 bridgehead atoms. The highest BCUT2D eigenvalue weighted by atomic mass is 35.5. The van der Waals surface area contributed by atoms with Gasteiger partial charge in [0.05, 0.1) is 17.3 Å². The average molecular weight is 630 g/mol. The summed E-state index contributed by atoms with van der Waals surface area (Å²) in [6.07, 6.45) is 3.94. The maximum Gasteiger partial charge on any atom is 0.329 e. The van der Waals surface area contributed by atoms with E-state index in [0.717, 1.165) is 32.2 Å². The number of halogens is 2. The van der Waals surface area contributed by atoms with Crippen molar-refractivity contribution < 1.29 is 24.2 Å². The summed E-state index contributed by atoms with van der Waals surface area (Å²) in [7, 11) is 3.99. The van der Waals surface area contributed by atoms with Crippen molar-refractivity contribution in [1.82, 2.24) is 15.2 Å². The molecule has 0 radical (unpaired) electrons. The summed E-state index contributed by atoms with van der Waals surface area (Å²) < 4.78 is 6.00. The molecule has 1 aliphatic carbocycles. The summed E-state index contributed by atoms with van der Waals surface area (Å²) in [6.45, 7) is 2.76. The van der Waals surface area contributed by atoms with E-state index in [2.05, 4.69) is 15.5 Å². The van der Waals surface area contributed by atoms with E-state index in [9.17, 15) is 19.5 Å². The maximum absolute atomic E-state index is 13.5. The highest BCUT2D eigenvalue weighted by Gasteiger charge is 2.41. The zero-order chi connectivity index (χ0) is 30.3. The normalized spacial score (nSPS) is 14.0. The smallest absolute Gasteiger partial charge is 0.329 e. The third-order valence-corrected chi connectivity index (χ3v) is 7.65. The molecule has 0 atom stereocenters. The number of benzene rings is 2. The number of aromatic nitrogens is 1. The van der Waals surface area contributed by atoms with Gasteiger partial charge in [0.1, 0.15) is 17.0 Å². The second kappa shape index (κ2) is 15.2. The third kappa shape index (κ3) is 8.46. The summed E-state index contributed by atoms with van der Waals surface area (Å²) in [4.78, 5) is 44.5. The van der Waals surface area contributed by atoms with Crippen LogP contribution in [0.4, 0.5) is 5.69 Å². The van der Waals surface area contributed by atoms with Crippen LogP contribution in [-0.4, -0.2) is 65.6 Å². The van der Waals surface area contributed by atoms with Crippen LogP contribution in [0.5, 0.6) is 5.75 Å². The van der Waals surface area contributed by atoms with E-state index in [1.54, 1.807) is 36.4 Å². The van der Waals surface area contributed by atoms with E-state index in [4.69, 9.17) is 21.3 Å². The molecule has 1 saturated carbocycles. The molecule has 9 nitrogen and oxygen atoms in total. The Morgan fingerprint density at radius 3 is 2.42 bits per heavy atom. The second-order valence-electron chi connectivity index (χ2n) is 10.9. The standard InChI is InChI=1S/C32H37ClN4O5.ClH/c1-21(38)34-26-11-6-5-10-23(26)24-13-15-27(30(39)36-32(31(40)41)16-7-4-8-17-32)35-29(24)22-12-14-25(33)28(20-22)42-19-9-18-37(2)3;/h5-6,10-15,20H,4,7-9,16-19H2,1-3H3,(H,34,38)(H,36,39)(H,40,41);1H. The van der Waals surface area contributed by atoms with Crippen LogP contribution in [0.2, 0.25) is 5.02 Å². The molecule has 0 saturated heterocycles. The summed E-state index contributed by atoms with van der Waals surface area (Å²) in [5, 5.41) is 16.1. The molecule has 1 aromatic heterocycles. The molecule has 2 aromatic carbocycles. The van der Waals surface area contributed by atoms with Gasteiger partial charge in [0, 0.05) is 35.8 Å². The van der Waals surface area contributed by atoms with Gasteiger partial charge in [-0.2, -0.15) is 0 Å². The lowest BCUT2D eigenvalue weighted by Gasteiger charge is -2.33. The summed E-state index contributed by atoms with van der Waals surface area (Å²) in [5.41, 5.74) is 1.84. The summed E-state index contributed by atoms with van der Waals surface area (Å²) in [5.74, 6) is -1.33.